The summed E-state index contributed by atoms with van der Waals surface area (Å²) in [6, 6.07) is 5.49. The van der Waals surface area contributed by atoms with Crippen LogP contribution in [0.3, 0.4) is 0 Å². The Morgan fingerprint density at radius 1 is 1.39 bits per heavy atom. The number of hydrogen-bond donors (Lipinski definition) is 1. The van der Waals surface area contributed by atoms with Crippen LogP contribution < -0.4 is 11.0 Å². The molecule has 1 aromatic carbocycles. The molecule has 0 amide bonds. The summed E-state index contributed by atoms with van der Waals surface area (Å²) in [5, 5.41) is 9.16. The van der Waals surface area contributed by atoms with E-state index in [0.29, 0.717) is 11.0 Å². The summed E-state index contributed by atoms with van der Waals surface area (Å²) in [4.78, 5) is 1.61. The minimum absolute atomic E-state index is 0.565. The van der Waals surface area contributed by atoms with Gasteiger partial charge in [-0.05, 0) is 32.4 Å². The molecule has 2 N–H and O–H groups in total. The molecule has 1 heterocycles. The van der Waals surface area contributed by atoms with E-state index in [2.05, 4.69) is 10.2 Å². The van der Waals surface area contributed by atoms with Crippen LogP contribution in [0.1, 0.15) is 6.92 Å². The van der Waals surface area contributed by atoms with Crippen molar-refractivity contribution in [2.75, 3.05) is 19.1 Å². The number of rotatable bonds is 3. The molecule has 1 aromatic heterocycles. The van der Waals surface area contributed by atoms with Crippen LogP contribution in [0.25, 0.3) is 11.3 Å². The highest BCUT2D eigenvalue weighted by Crippen LogP contribution is 2.38. The Kier molecular flexibility index (Phi) is 3.26. The van der Waals surface area contributed by atoms with Crippen LogP contribution in [0.4, 0.5) is 5.69 Å². The minimum Gasteiger partial charge on any atom is -0.398 e. The molecule has 0 saturated carbocycles. The van der Waals surface area contributed by atoms with Gasteiger partial charge in [-0.3, -0.25) is 0 Å². The van der Waals surface area contributed by atoms with Gasteiger partial charge in [-0.1, -0.05) is 6.07 Å². The Morgan fingerprint density at radius 3 is 2.67 bits per heavy atom. The molecule has 2 rings (SSSR count). The Morgan fingerprint density at radius 2 is 2.11 bits per heavy atom. The molecule has 2 aromatic rings. The summed E-state index contributed by atoms with van der Waals surface area (Å²) in [5.41, 5.74) is 8.10. The monoisotopic (exact) mass is 264 g/mol. The molecule has 0 aliphatic carbocycles. The second-order valence-corrected chi connectivity index (χ2v) is 7.73. The summed E-state index contributed by atoms with van der Waals surface area (Å²) in [6.45, 7) is 6.13. The highest BCUT2D eigenvalue weighted by atomic mass is 31.2. The zero-order chi connectivity index (χ0) is 13.3. The Balaban J connectivity index is 2.50. The number of aryl methyl sites for hydroxylation is 1. The van der Waals surface area contributed by atoms with E-state index < -0.39 is 7.14 Å². The van der Waals surface area contributed by atoms with Gasteiger partial charge in [0.15, 0.2) is 0 Å². The van der Waals surface area contributed by atoms with E-state index in [0.717, 1.165) is 17.8 Å². The van der Waals surface area contributed by atoms with Gasteiger partial charge in [0.05, 0.1) is 12.7 Å². The first-order valence-corrected chi connectivity index (χ1v) is 8.37. The molecular weight excluding hydrogens is 247 g/mol. The third-order valence-corrected chi connectivity index (χ3v) is 4.27. The van der Waals surface area contributed by atoms with Crippen LogP contribution in [0.2, 0.25) is 0 Å². The molecule has 0 saturated heterocycles. The fourth-order valence-electron chi connectivity index (χ4n) is 1.75. The number of aromatic nitrogens is 3. The number of nitrogen functional groups attached to an aromatic ring is 1. The lowest BCUT2D eigenvalue weighted by molar-refractivity contribution is 0.571. The lowest BCUT2D eigenvalue weighted by Gasteiger charge is -2.11. The average Bonchev–Trinajstić information content (AvgIpc) is 2.76. The summed E-state index contributed by atoms with van der Waals surface area (Å²) >= 11 is 0. The number of hydrogen-bond acceptors (Lipinski definition) is 4. The van der Waals surface area contributed by atoms with Crippen molar-refractivity contribution in [1.82, 2.24) is 15.0 Å². The molecule has 0 unspecified atom stereocenters. The average molecular weight is 264 g/mol. The second-order valence-electron chi connectivity index (χ2n) is 4.54. The SMILES string of the molecule is CCn1ncc(-c2ccc(N)c(P(C)(C)=O)c2)n1. The van der Waals surface area contributed by atoms with Crippen LogP contribution in [0.5, 0.6) is 0 Å². The van der Waals surface area contributed by atoms with E-state index in [-0.39, 0.29) is 0 Å². The van der Waals surface area contributed by atoms with Crippen LogP contribution in [0.15, 0.2) is 24.4 Å². The lowest BCUT2D eigenvalue weighted by atomic mass is 10.1. The molecule has 0 fully saturated rings. The van der Waals surface area contributed by atoms with E-state index in [1.54, 1.807) is 30.4 Å². The normalized spacial score (nSPS) is 11.7. The Labute approximate surface area is 106 Å². The highest BCUT2D eigenvalue weighted by molar-refractivity contribution is 7.70. The van der Waals surface area contributed by atoms with E-state index in [1.165, 1.54) is 0 Å². The third-order valence-electron chi connectivity index (χ3n) is 2.73. The van der Waals surface area contributed by atoms with Crippen LogP contribution in [0, 0.1) is 0 Å². The summed E-state index contributed by atoms with van der Waals surface area (Å²) in [6.07, 6.45) is 1.70. The van der Waals surface area contributed by atoms with E-state index in [4.69, 9.17) is 5.73 Å². The Bertz CT molecular complexity index is 614. The van der Waals surface area contributed by atoms with Gasteiger partial charge in [0.1, 0.15) is 12.8 Å². The topological polar surface area (TPSA) is 73.8 Å². The quantitative estimate of drug-likeness (QED) is 0.677. The molecule has 0 aliphatic rings. The van der Waals surface area contributed by atoms with Crippen molar-refractivity contribution in [3.63, 3.8) is 0 Å². The van der Waals surface area contributed by atoms with Gasteiger partial charge in [0, 0.05) is 16.6 Å². The van der Waals surface area contributed by atoms with E-state index in [9.17, 15) is 4.57 Å². The molecule has 5 nitrogen and oxygen atoms in total. The maximum Gasteiger partial charge on any atom is 0.113 e. The molecule has 6 heteroatoms. The van der Waals surface area contributed by atoms with Gasteiger partial charge >= 0.3 is 0 Å². The maximum atomic E-state index is 12.2. The van der Waals surface area contributed by atoms with E-state index >= 15 is 0 Å². The number of benzene rings is 1. The van der Waals surface area contributed by atoms with Crippen molar-refractivity contribution < 1.29 is 4.57 Å². The first kappa shape index (κ1) is 12.8. The molecule has 18 heavy (non-hydrogen) atoms. The van der Waals surface area contributed by atoms with Crippen molar-refractivity contribution in [3.8, 4) is 11.3 Å². The van der Waals surface area contributed by atoms with Crippen molar-refractivity contribution in [3.05, 3.63) is 24.4 Å². The van der Waals surface area contributed by atoms with Gasteiger partial charge in [-0.25, -0.2) is 0 Å². The van der Waals surface area contributed by atoms with Gasteiger partial charge in [0.25, 0.3) is 0 Å². The summed E-state index contributed by atoms with van der Waals surface area (Å²) in [5.74, 6) is 0. The predicted octanol–water partition coefficient (Wildman–Crippen LogP) is 1.80. The standard InChI is InChI=1S/C12H17N4OP/c1-4-16-14-8-11(15-16)9-5-6-10(13)12(7-9)18(2,3)17/h5-8H,4,13H2,1-3H3. The van der Waals surface area contributed by atoms with Gasteiger partial charge in [-0.15, -0.1) is 0 Å². The van der Waals surface area contributed by atoms with Crippen molar-refractivity contribution in [2.45, 2.75) is 13.5 Å². The molecule has 0 bridgehead atoms. The third kappa shape index (κ3) is 2.46. The first-order chi connectivity index (χ1) is 8.41. The molecule has 0 aliphatic heterocycles. The maximum absolute atomic E-state index is 12.2. The number of nitrogens with zero attached hydrogens (tertiary/aromatic N) is 3. The lowest BCUT2D eigenvalue weighted by Crippen LogP contribution is -2.10. The number of anilines is 1. The van der Waals surface area contributed by atoms with Gasteiger partial charge < -0.3 is 10.3 Å². The van der Waals surface area contributed by atoms with Crippen LogP contribution in [-0.2, 0) is 11.1 Å². The fraction of sp³-hybridized carbons (Fsp3) is 0.333. The second kappa shape index (κ2) is 4.58. The zero-order valence-electron chi connectivity index (χ0n) is 10.8. The van der Waals surface area contributed by atoms with Gasteiger partial charge in [0.2, 0.25) is 0 Å². The minimum atomic E-state index is -2.38. The highest BCUT2D eigenvalue weighted by Gasteiger charge is 2.16. The smallest absolute Gasteiger partial charge is 0.113 e. The largest absolute Gasteiger partial charge is 0.398 e. The van der Waals surface area contributed by atoms with Crippen molar-refractivity contribution in [1.29, 1.82) is 0 Å². The fourth-order valence-corrected chi connectivity index (χ4v) is 2.90. The number of nitrogens with two attached hydrogens (primary N) is 1. The molecule has 0 atom stereocenters. The zero-order valence-corrected chi connectivity index (χ0v) is 11.7. The predicted molar refractivity (Wildman–Crippen MR) is 74.6 cm³/mol. The first-order valence-electron chi connectivity index (χ1n) is 5.77. The Hall–Kier alpha value is -1.61. The molecule has 0 radical (unpaired) electrons. The summed E-state index contributed by atoms with van der Waals surface area (Å²) < 4.78 is 12.2. The van der Waals surface area contributed by atoms with Crippen molar-refractivity contribution >= 4 is 18.1 Å². The molecule has 96 valence electrons. The molecule has 0 spiro atoms. The van der Waals surface area contributed by atoms with E-state index in [1.807, 2.05) is 19.1 Å². The van der Waals surface area contributed by atoms with Crippen LogP contribution >= 0.6 is 7.14 Å². The van der Waals surface area contributed by atoms with Crippen LogP contribution in [-0.4, -0.2) is 28.3 Å². The summed E-state index contributed by atoms with van der Waals surface area (Å²) in [7, 11) is -2.38. The molecular formula is C12H17N4OP. The van der Waals surface area contributed by atoms with Crippen molar-refractivity contribution in [2.24, 2.45) is 0 Å². The van der Waals surface area contributed by atoms with Gasteiger partial charge in [-0.2, -0.15) is 15.0 Å².